The lowest BCUT2D eigenvalue weighted by Gasteiger charge is -2.12. The van der Waals surface area contributed by atoms with E-state index in [0.29, 0.717) is 12.2 Å². The molecule has 0 aliphatic carbocycles. The zero-order chi connectivity index (χ0) is 20.7. The van der Waals surface area contributed by atoms with Gasteiger partial charge in [0.1, 0.15) is 0 Å². The van der Waals surface area contributed by atoms with Crippen LogP contribution in [0.15, 0.2) is 83.8 Å². The van der Waals surface area contributed by atoms with Crippen LogP contribution in [0.1, 0.15) is 21.5 Å². The molecule has 0 saturated carbocycles. The third-order valence-electron chi connectivity index (χ3n) is 4.41. The topological polar surface area (TPSA) is 95.5 Å². The van der Waals surface area contributed by atoms with E-state index < -0.39 is 16.0 Å². The summed E-state index contributed by atoms with van der Waals surface area (Å²) in [4.78, 5) is 11.6. The van der Waals surface area contributed by atoms with Gasteiger partial charge in [-0.1, -0.05) is 60.7 Å². The minimum Gasteiger partial charge on any atom is -0.478 e. The zero-order valence-electron chi connectivity index (χ0n) is 15.7. The smallest absolute Gasteiger partial charge is 0.337 e. The van der Waals surface area contributed by atoms with Crippen molar-refractivity contribution < 1.29 is 18.3 Å². The van der Waals surface area contributed by atoms with Crippen molar-refractivity contribution in [2.24, 2.45) is 0 Å². The highest BCUT2D eigenvalue weighted by atomic mass is 32.2. The Morgan fingerprint density at radius 1 is 0.862 bits per heavy atom. The third-order valence-corrected chi connectivity index (χ3v) is 5.81. The molecule has 6 nitrogen and oxygen atoms in total. The summed E-state index contributed by atoms with van der Waals surface area (Å²) >= 11 is 0. The molecule has 7 heteroatoms. The van der Waals surface area contributed by atoms with Gasteiger partial charge in [-0.25, -0.2) is 17.9 Å². The molecule has 0 unspecified atom stereocenters. The largest absolute Gasteiger partial charge is 0.478 e. The van der Waals surface area contributed by atoms with Crippen LogP contribution in [0.25, 0.3) is 0 Å². The Labute approximate surface area is 170 Å². The molecule has 0 radical (unpaired) electrons. The van der Waals surface area contributed by atoms with E-state index in [4.69, 9.17) is 0 Å². The highest BCUT2D eigenvalue weighted by molar-refractivity contribution is 7.89. The Hall–Kier alpha value is -3.16. The van der Waals surface area contributed by atoms with Gasteiger partial charge in [-0.2, -0.15) is 0 Å². The maximum absolute atomic E-state index is 12.6. The van der Waals surface area contributed by atoms with E-state index >= 15 is 0 Å². The lowest BCUT2D eigenvalue weighted by molar-refractivity contribution is 0.0697. The van der Waals surface area contributed by atoms with E-state index in [2.05, 4.69) is 10.0 Å². The number of carboxylic acid groups (broad SMARTS) is 1. The molecule has 0 spiro atoms. The Morgan fingerprint density at radius 2 is 1.48 bits per heavy atom. The molecule has 150 valence electrons. The average molecular weight is 410 g/mol. The van der Waals surface area contributed by atoms with Gasteiger partial charge in [-0.05, 0) is 35.7 Å². The van der Waals surface area contributed by atoms with Gasteiger partial charge in [0.25, 0.3) is 0 Å². The van der Waals surface area contributed by atoms with Gasteiger partial charge >= 0.3 is 5.97 Å². The number of carbonyl (C=O) groups is 1. The Bertz CT molecular complexity index is 1070. The number of sulfonamides is 1. The van der Waals surface area contributed by atoms with Crippen LogP contribution in [0.3, 0.4) is 0 Å². The predicted octanol–water partition coefficient (Wildman–Crippen LogP) is 3.52. The van der Waals surface area contributed by atoms with E-state index in [0.717, 1.165) is 17.5 Å². The molecule has 0 heterocycles. The molecule has 0 aliphatic heterocycles. The second kappa shape index (κ2) is 9.36. The monoisotopic (exact) mass is 410 g/mol. The molecule has 29 heavy (non-hydrogen) atoms. The molecular formula is C22H22N2O4S. The van der Waals surface area contributed by atoms with Crippen molar-refractivity contribution >= 4 is 21.7 Å². The number of carboxylic acids is 1. The van der Waals surface area contributed by atoms with Gasteiger partial charge in [0.05, 0.1) is 10.5 Å². The summed E-state index contributed by atoms with van der Waals surface area (Å²) in [6.07, 6.45) is 0.721. The fourth-order valence-electron chi connectivity index (χ4n) is 2.87. The molecular weight excluding hydrogens is 388 g/mol. The first-order chi connectivity index (χ1) is 14.0. The third kappa shape index (κ3) is 5.66. The molecule has 0 bridgehead atoms. The molecule has 0 aliphatic rings. The van der Waals surface area contributed by atoms with Crippen LogP contribution in [0.2, 0.25) is 0 Å². The number of hydrogen-bond acceptors (Lipinski definition) is 4. The van der Waals surface area contributed by atoms with E-state index in [1.807, 2.05) is 60.7 Å². The van der Waals surface area contributed by atoms with Crippen molar-refractivity contribution in [1.29, 1.82) is 0 Å². The number of rotatable bonds is 9. The summed E-state index contributed by atoms with van der Waals surface area (Å²) in [7, 11) is -3.84. The SMILES string of the molecule is O=C(O)c1cc(S(=O)(=O)NCc2ccccc2)ccc1NCCc1ccccc1. The van der Waals surface area contributed by atoms with Crippen LogP contribution >= 0.6 is 0 Å². The number of hydrogen-bond donors (Lipinski definition) is 3. The van der Waals surface area contributed by atoms with Crippen molar-refractivity contribution in [2.45, 2.75) is 17.9 Å². The van der Waals surface area contributed by atoms with Crippen LogP contribution in [0.4, 0.5) is 5.69 Å². The number of benzene rings is 3. The molecule has 0 fully saturated rings. The van der Waals surface area contributed by atoms with E-state index in [1.54, 1.807) is 0 Å². The molecule has 0 saturated heterocycles. The summed E-state index contributed by atoms with van der Waals surface area (Å²) in [6.45, 7) is 0.658. The minimum atomic E-state index is -3.84. The summed E-state index contributed by atoms with van der Waals surface area (Å²) in [5.41, 5.74) is 2.24. The number of anilines is 1. The normalized spacial score (nSPS) is 11.2. The Kier molecular flexibility index (Phi) is 6.64. The van der Waals surface area contributed by atoms with E-state index in [1.165, 1.54) is 18.2 Å². The number of nitrogens with one attached hydrogen (secondary N) is 2. The Balaban J connectivity index is 1.71. The number of aromatic carboxylic acids is 1. The fraction of sp³-hybridized carbons (Fsp3) is 0.136. The van der Waals surface area contributed by atoms with Crippen LogP contribution in [0, 0.1) is 0 Å². The highest BCUT2D eigenvalue weighted by Gasteiger charge is 2.19. The first-order valence-corrected chi connectivity index (χ1v) is 10.6. The minimum absolute atomic E-state index is 0.0827. The first kappa shape index (κ1) is 20.6. The van der Waals surface area contributed by atoms with Crippen molar-refractivity contribution in [3.05, 3.63) is 95.6 Å². The van der Waals surface area contributed by atoms with Gasteiger partial charge in [-0.15, -0.1) is 0 Å². The summed E-state index contributed by atoms with van der Waals surface area (Å²) < 4.78 is 27.6. The van der Waals surface area contributed by atoms with Crippen LogP contribution in [0.5, 0.6) is 0 Å². The second-order valence-corrected chi connectivity index (χ2v) is 8.25. The van der Waals surface area contributed by atoms with E-state index in [-0.39, 0.29) is 17.0 Å². The van der Waals surface area contributed by atoms with Crippen molar-refractivity contribution in [3.8, 4) is 0 Å². The maximum Gasteiger partial charge on any atom is 0.337 e. The molecule has 0 aromatic heterocycles. The van der Waals surface area contributed by atoms with Gasteiger partial charge in [0.15, 0.2) is 0 Å². The quantitative estimate of drug-likeness (QED) is 0.502. The fourth-order valence-corrected chi connectivity index (χ4v) is 3.91. The summed E-state index contributed by atoms with van der Waals surface area (Å²) in [5.74, 6) is -1.19. The Morgan fingerprint density at radius 3 is 2.10 bits per heavy atom. The zero-order valence-corrected chi connectivity index (χ0v) is 16.5. The molecule has 0 atom stereocenters. The first-order valence-electron chi connectivity index (χ1n) is 9.14. The van der Waals surface area contributed by atoms with Crippen LogP contribution in [-0.2, 0) is 23.0 Å². The predicted molar refractivity (Wildman–Crippen MR) is 113 cm³/mol. The van der Waals surface area contributed by atoms with E-state index in [9.17, 15) is 18.3 Å². The lowest BCUT2D eigenvalue weighted by Crippen LogP contribution is -2.23. The van der Waals surface area contributed by atoms with Crippen LogP contribution < -0.4 is 10.0 Å². The average Bonchev–Trinajstić information content (AvgIpc) is 2.74. The van der Waals surface area contributed by atoms with Gasteiger partial charge in [-0.3, -0.25) is 0 Å². The standard InChI is InChI=1S/C22H22N2O4S/c25-22(26)20-15-19(29(27,28)24-16-18-9-5-2-6-10-18)11-12-21(20)23-14-13-17-7-3-1-4-8-17/h1-12,15,23-24H,13-14,16H2,(H,25,26). The van der Waals surface area contributed by atoms with Crippen molar-refractivity contribution in [1.82, 2.24) is 4.72 Å². The molecule has 3 rings (SSSR count). The molecule has 3 aromatic rings. The van der Waals surface area contributed by atoms with Crippen molar-refractivity contribution in [2.75, 3.05) is 11.9 Å². The molecule has 3 aromatic carbocycles. The highest BCUT2D eigenvalue weighted by Crippen LogP contribution is 2.21. The van der Waals surface area contributed by atoms with Crippen molar-refractivity contribution in [3.63, 3.8) is 0 Å². The lowest BCUT2D eigenvalue weighted by atomic mass is 10.1. The van der Waals surface area contributed by atoms with Gasteiger partial charge in [0.2, 0.25) is 10.0 Å². The maximum atomic E-state index is 12.6. The van der Waals surface area contributed by atoms with Crippen LogP contribution in [-0.4, -0.2) is 26.0 Å². The summed E-state index contributed by atoms with van der Waals surface area (Å²) in [5, 5.41) is 12.6. The van der Waals surface area contributed by atoms with Gasteiger partial charge < -0.3 is 10.4 Å². The molecule has 3 N–H and O–H groups in total. The van der Waals surface area contributed by atoms with Gasteiger partial charge in [0, 0.05) is 18.8 Å². The second-order valence-electron chi connectivity index (χ2n) is 6.49. The molecule has 0 amide bonds. The summed E-state index contributed by atoms with van der Waals surface area (Å²) in [6, 6.07) is 23.0.